The van der Waals surface area contributed by atoms with E-state index in [0.717, 1.165) is 23.5 Å². The van der Waals surface area contributed by atoms with Crippen LogP contribution in [0.2, 0.25) is 0 Å². The van der Waals surface area contributed by atoms with Gasteiger partial charge in [-0.25, -0.2) is 18.7 Å². The monoisotopic (exact) mass is 362 g/mol. The number of nitrogens with zero attached hydrogens (tertiary/aromatic N) is 2. The molecule has 0 aliphatic carbocycles. The van der Waals surface area contributed by atoms with Crippen molar-refractivity contribution in [2.24, 2.45) is 0 Å². The Balaban J connectivity index is 1.83. The van der Waals surface area contributed by atoms with Crippen LogP contribution in [0, 0.1) is 11.6 Å². The molecule has 3 N–H and O–H groups in total. The largest absolute Gasteiger partial charge is 0.481 e. The smallest absolute Gasteiger partial charge is 0.212 e. The van der Waals surface area contributed by atoms with E-state index in [1.165, 1.54) is 19.4 Å². The first-order valence-corrected chi connectivity index (χ1v) is 7.82. The summed E-state index contributed by atoms with van der Waals surface area (Å²) in [6, 6.07) is 6.46. The van der Waals surface area contributed by atoms with Crippen LogP contribution in [0.5, 0.6) is 5.88 Å². The fourth-order valence-electron chi connectivity index (χ4n) is 2.01. The number of ether oxygens (including phenoxy) is 1. The minimum Gasteiger partial charge on any atom is -0.481 e. The first-order chi connectivity index (χ1) is 12.0. The number of rotatable bonds is 5. The highest BCUT2D eigenvalue weighted by Gasteiger charge is 2.19. The molecule has 0 radical (unpaired) electrons. The van der Waals surface area contributed by atoms with Crippen molar-refractivity contribution in [3.63, 3.8) is 0 Å². The fourth-order valence-corrected chi connectivity index (χ4v) is 2.88. The average molecular weight is 362 g/mol. The van der Waals surface area contributed by atoms with Crippen LogP contribution < -0.4 is 15.8 Å². The second-order valence-electron chi connectivity index (χ2n) is 4.91. The normalized spacial score (nSPS) is 10.5. The number of nitrogens with one attached hydrogen (secondary N) is 1. The Morgan fingerprint density at radius 3 is 2.68 bits per heavy atom. The number of nitrogens with two attached hydrogens (primary N) is 1. The van der Waals surface area contributed by atoms with E-state index in [0.29, 0.717) is 11.4 Å². The number of carbonyl (C=O) groups excluding carboxylic acids is 1. The number of hydrogen-bond donors (Lipinski definition) is 2. The van der Waals surface area contributed by atoms with E-state index < -0.39 is 11.6 Å². The van der Waals surface area contributed by atoms with Gasteiger partial charge in [-0.05, 0) is 18.2 Å². The van der Waals surface area contributed by atoms with E-state index in [4.69, 9.17) is 10.5 Å². The molecule has 0 aliphatic rings. The number of methoxy groups -OCH3 is 1. The molecule has 0 atom stereocenters. The summed E-state index contributed by atoms with van der Waals surface area (Å²) < 4.78 is 31.2. The Morgan fingerprint density at radius 2 is 2.04 bits per heavy atom. The number of ketones is 1. The van der Waals surface area contributed by atoms with Gasteiger partial charge in [0.05, 0.1) is 7.11 Å². The summed E-state index contributed by atoms with van der Waals surface area (Å²) in [5.74, 6) is -1.86. The van der Waals surface area contributed by atoms with Gasteiger partial charge in [-0.3, -0.25) is 4.79 Å². The van der Waals surface area contributed by atoms with Crippen molar-refractivity contribution in [1.29, 1.82) is 0 Å². The van der Waals surface area contributed by atoms with Crippen molar-refractivity contribution in [3.8, 4) is 5.88 Å². The van der Waals surface area contributed by atoms with Gasteiger partial charge in [0.15, 0.2) is 16.8 Å². The number of hydrogen-bond acceptors (Lipinski definition) is 7. The van der Waals surface area contributed by atoms with Crippen molar-refractivity contribution in [2.45, 2.75) is 0 Å². The van der Waals surface area contributed by atoms with Crippen LogP contribution in [-0.4, -0.2) is 22.9 Å². The molecular formula is C16H12F2N4O2S. The lowest BCUT2D eigenvalue weighted by Crippen LogP contribution is -2.03. The number of benzene rings is 1. The zero-order chi connectivity index (χ0) is 18.0. The predicted molar refractivity (Wildman–Crippen MR) is 90.4 cm³/mol. The summed E-state index contributed by atoms with van der Waals surface area (Å²) in [5, 5.41) is 3.08. The molecule has 2 heterocycles. The molecule has 0 amide bonds. The van der Waals surface area contributed by atoms with Crippen molar-refractivity contribution >= 4 is 33.8 Å². The number of thiazole rings is 1. The van der Waals surface area contributed by atoms with E-state index in [9.17, 15) is 13.6 Å². The van der Waals surface area contributed by atoms with Crippen LogP contribution in [0.4, 0.5) is 25.4 Å². The molecule has 128 valence electrons. The number of nitrogen functional groups attached to an aromatic ring is 1. The Hall–Kier alpha value is -3.07. The molecule has 3 aromatic rings. The highest BCUT2D eigenvalue weighted by molar-refractivity contribution is 7.18. The summed E-state index contributed by atoms with van der Waals surface area (Å²) in [7, 11) is 1.47. The summed E-state index contributed by atoms with van der Waals surface area (Å²) in [6.07, 6.45) is 1.38. The Kier molecular flexibility index (Phi) is 4.57. The number of pyridine rings is 1. The molecule has 0 unspecified atom stereocenters. The van der Waals surface area contributed by atoms with Crippen LogP contribution in [0.1, 0.15) is 15.2 Å². The van der Waals surface area contributed by atoms with Gasteiger partial charge in [0.1, 0.15) is 10.7 Å². The number of halogens is 2. The molecule has 0 bridgehead atoms. The molecule has 0 aliphatic heterocycles. The highest BCUT2D eigenvalue weighted by Crippen LogP contribution is 2.30. The van der Waals surface area contributed by atoms with Gasteiger partial charge in [0, 0.05) is 29.6 Å². The van der Waals surface area contributed by atoms with Gasteiger partial charge in [-0.2, -0.15) is 0 Å². The first kappa shape index (κ1) is 16.8. The zero-order valence-electron chi connectivity index (χ0n) is 12.9. The third-order valence-electron chi connectivity index (χ3n) is 3.24. The summed E-state index contributed by atoms with van der Waals surface area (Å²) in [6.45, 7) is 0. The minimum atomic E-state index is -0.991. The summed E-state index contributed by atoms with van der Waals surface area (Å²) in [4.78, 5) is 20.7. The molecule has 0 saturated carbocycles. The maximum Gasteiger partial charge on any atom is 0.212 e. The van der Waals surface area contributed by atoms with E-state index in [1.807, 2.05) is 0 Å². The molecule has 0 saturated heterocycles. The molecule has 0 fully saturated rings. The van der Waals surface area contributed by atoms with E-state index in [1.54, 1.807) is 12.1 Å². The maximum absolute atomic E-state index is 13.2. The van der Waals surface area contributed by atoms with Gasteiger partial charge < -0.3 is 15.8 Å². The standard InChI is InChI=1S/C16H12F2N4O2S/c1-24-12-5-2-8(7-20-12)13(23)14-15(19)22-16(25-14)21-9-3-4-10(17)11(18)6-9/h2-7H,19H2,1H3,(H,21,22). The van der Waals surface area contributed by atoms with E-state index in [2.05, 4.69) is 15.3 Å². The van der Waals surface area contributed by atoms with Crippen LogP contribution in [0.25, 0.3) is 0 Å². The Bertz CT molecular complexity index is 928. The second kappa shape index (κ2) is 6.81. The molecule has 3 rings (SSSR count). The van der Waals surface area contributed by atoms with E-state index in [-0.39, 0.29) is 27.3 Å². The van der Waals surface area contributed by atoms with Crippen LogP contribution in [-0.2, 0) is 0 Å². The first-order valence-electron chi connectivity index (χ1n) is 7.01. The molecule has 6 nitrogen and oxygen atoms in total. The van der Waals surface area contributed by atoms with Crippen LogP contribution in [0.3, 0.4) is 0 Å². The molecule has 2 aromatic heterocycles. The maximum atomic E-state index is 13.2. The average Bonchev–Trinajstić information content (AvgIpc) is 2.98. The van der Waals surface area contributed by atoms with Gasteiger partial charge in [0.25, 0.3) is 0 Å². The second-order valence-corrected chi connectivity index (χ2v) is 5.90. The quantitative estimate of drug-likeness (QED) is 0.676. The number of aromatic nitrogens is 2. The molecule has 0 spiro atoms. The van der Waals surface area contributed by atoms with E-state index >= 15 is 0 Å². The lowest BCUT2D eigenvalue weighted by molar-refractivity contribution is 0.104. The van der Waals surface area contributed by atoms with Crippen LogP contribution >= 0.6 is 11.3 Å². The molecule has 9 heteroatoms. The van der Waals surface area contributed by atoms with Crippen molar-refractivity contribution in [3.05, 3.63) is 58.6 Å². The Labute approximate surface area is 145 Å². The van der Waals surface area contributed by atoms with Crippen molar-refractivity contribution in [2.75, 3.05) is 18.2 Å². The number of carbonyl (C=O) groups is 1. The lowest BCUT2D eigenvalue weighted by Gasteiger charge is -2.02. The van der Waals surface area contributed by atoms with Gasteiger partial charge >= 0.3 is 0 Å². The number of anilines is 3. The van der Waals surface area contributed by atoms with Crippen LogP contribution in [0.15, 0.2) is 36.5 Å². The lowest BCUT2D eigenvalue weighted by atomic mass is 10.1. The Morgan fingerprint density at radius 1 is 1.24 bits per heavy atom. The molecule has 1 aromatic carbocycles. The summed E-state index contributed by atoms with van der Waals surface area (Å²) >= 11 is 1.01. The zero-order valence-corrected chi connectivity index (χ0v) is 13.7. The highest BCUT2D eigenvalue weighted by atomic mass is 32.1. The van der Waals surface area contributed by atoms with Gasteiger partial charge in [-0.15, -0.1) is 0 Å². The van der Waals surface area contributed by atoms with Gasteiger partial charge in [-0.1, -0.05) is 11.3 Å². The molecule has 25 heavy (non-hydrogen) atoms. The van der Waals surface area contributed by atoms with Gasteiger partial charge in [0.2, 0.25) is 11.7 Å². The summed E-state index contributed by atoms with van der Waals surface area (Å²) in [5.41, 5.74) is 6.42. The third-order valence-corrected chi connectivity index (χ3v) is 4.22. The topological polar surface area (TPSA) is 90.1 Å². The van der Waals surface area contributed by atoms with Crippen molar-refractivity contribution in [1.82, 2.24) is 9.97 Å². The predicted octanol–water partition coefficient (Wildman–Crippen LogP) is 3.38. The third kappa shape index (κ3) is 3.56. The minimum absolute atomic E-state index is 0.0379. The molecular weight excluding hydrogens is 350 g/mol. The fraction of sp³-hybridized carbons (Fsp3) is 0.0625. The van der Waals surface area contributed by atoms with Crippen molar-refractivity contribution < 1.29 is 18.3 Å². The SMILES string of the molecule is COc1ccc(C(=O)c2sc(Nc3ccc(F)c(F)c3)nc2N)cn1.